The van der Waals surface area contributed by atoms with Crippen LogP contribution in [0.1, 0.15) is 30.9 Å². The molecule has 1 fully saturated rings. The standard InChI is InChI=1S/C18H28FN3O2/c1-13-5-7-22(8-6-13)12-16(23)11-21-18(24)20-10-15-4-3-14(2)17(19)9-15/h3-4,9,13,16,23H,5-8,10-12H2,1-2H3,(H2,20,21,24). The third-order valence-electron chi connectivity index (χ3n) is 4.53. The van der Waals surface area contributed by atoms with Gasteiger partial charge in [-0.15, -0.1) is 0 Å². The van der Waals surface area contributed by atoms with Crippen LogP contribution < -0.4 is 10.6 Å². The van der Waals surface area contributed by atoms with Gasteiger partial charge in [0.05, 0.1) is 6.10 Å². The summed E-state index contributed by atoms with van der Waals surface area (Å²) in [5.74, 6) is 0.481. The summed E-state index contributed by atoms with van der Waals surface area (Å²) < 4.78 is 13.4. The topological polar surface area (TPSA) is 64.6 Å². The van der Waals surface area contributed by atoms with Crippen molar-refractivity contribution < 1.29 is 14.3 Å². The first-order valence-electron chi connectivity index (χ1n) is 8.61. The third kappa shape index (κ3) is 6.09. The van der Waals surface area contributed by atoms with E-state index >= 15 is 0 Å². The molecule has 1 unspecified atom stereocenters. The second kappa shape index (κ2) is 8.99. The molecule has 1 aliphatic rings. The average molecular weight is 337 g/mol. The Kier molecular flexibility index (Phi) is 6.99. The van der Waals surface area contributed by atoms with Crippen LogP contribution in [0.25, 0.3) is 0 Å². The van der Waals surface area contributed by atoms with Crippen molar-refractivity contribution in [3.8, 4) is 0 Å². The SMILES string of the molecule is Cc1ccc(CNC(=O)NCC(O)CN2CCC(C)CC2)cc1F. The van der Waals surface area contributed by atoms with Crippen LogP contribution in [0.3, 0.4) is 0 Å². The number of amides is 2. The van der Waals surface area contributed by atoms with Crippen molar-refractivity contribution in [2.75, 3.05) is 26.2 Å². The van der Waals surface area contributed by atoms with Crippen molar-refractivity contribution in [3.05, 3.63) is 35.1 Å². The summed E-state index contributed by atoms with van der Waals surface area (Å²) in [5, 5.41) is 15.4. The molecular weight excluding hydrogens is 309 g/mol. The molecule has 0 radical (unpaired) electrons. The minimum atomic E-state index is -0.582. The fourth-order valence-electron chi connectivity index (χ4n) is 2.81. The number of nitrogens with one attached hydrogen (secondary N) is 2. The number of β-amino-alcohol motifs (C(OH)–C–C–N with tert-alkyl or cyclic N) is 1. The summed E-state index contributed by atoms with van der Waals surface area (Å²) in [7, 11) is 0. The number of carbonyl (C=O) groups excluding carboxylic acids is 1. The molecule has 1 saturated heterocycles. The lowest BCUT2D eigenvalue weighted by Gasteiger charge is -2.31. The van der Waals surface area contributed by atoms with E-state index in [0.717, 1.165) is 31.8 Å². The Morgan fingerprint density at radius 3 is 2.75 bits per heavy atom. The first-order valence-corrected chi connectivity index (χ1v) is 8.61. The molecule has 2 amide bonds. The van der Waals surface area contributed by atoms with Gasteiger partial charge in [0.25, 0.3) is 0 Å². The van der Waals surface area contributed by atoms with Gasteiger partial charge < -0.3 is 20.6 Å². The highest BCUT2D eigenvalue weighted by atomic mass is 19.1. The van der Waals surface area contributed by atoms with Gasteiger partial charge in [-0.3, -0.25) is 0 Å². The Labute approximate surface area is 143 Å². The number of aliphatic hydroxyl groups excluding tert-OH is 1. The second-order valence-electron chi connectivity index (χ2n) is 6.78. The quantitative estimate of drug-likeness (QED) is 0.744. The van der Waals surface area contributed by atoms with Crippen molar-refractivity contribution in [1.29, 1.82) is 0 Å². The zero-order valence-corrected chi connectivity index (χ0v) is 14.5. The van der Waals surface area contributed by atoms with Crippen LogP contribution in [0, 0.1) is 18.7 Å². The summed E-state index contributed by atoms with van der Waals surface area (Å²) in [6.07, 6.45) is 1.74. The lowest BCUT2D eigenvalue weighted by atomic mass is 9.99. The summed E-state index contributed by atoms with van der Waals surface area (Å²) in [4.78, 5) is 14.0. The van der Waals surface area contributed by atoms with Crippen LogP contribution in [0.2, 0.25) is 0 Å². The van der Waals surface area contributed by atoms with Crippen LogP contribution in [0.15, 0.2) is 18.2 Å². The number of carbonyl (C=O) groups is 1. The molecule has 2 rings (SSSR count). The Balaban J connectivity index is 1.64. The highest BCUT2D eigenvalue weighted by molar-refractivity contribution is 5.73. The maximum atomic E-state index is 13.4. The van der Waals surface area contributed by atoms with E-state index in [9.17, 15) is 14.3 Å². The number of hydrogen-bond donors (Lipinski definition) is 3. The van der Waals surface area contributed by atoms with Gasteiger partial charge >= 0.3 is 6.03 Å². The van der Waals surface area contributed by atoms with Gasteiger partial charge in [0.2, 0.25) is 0 Å². The van der Waals surface area contributed by atoms with E-state index in [0.29, 0.717) is 17.7 Å². The molecule has 6 heteroatoms. The fraction of sp³-hybridized carbons (Fsp3) is 0.611. The van der Waals surface area contributed by atoms with E-state index in [1.54, 1.807) is 19.1 Å². The molecule has 0 aliphatic carbocycles. The lowest BCUT2D eigenvalue weighted by Crippen LogP contribution is -2.45. The van der Waals surface area contributed by atoms with Gasteiger partial charge in [-0.1, -0.05) is 19.1 Å². The molecular formula is C18H28FN3O2. The predicted molar refractivity (Wildman–Crippen MR) is 92.2 cm³/mol. The molecule has 24 heavy (non-hydrogen) atoms. The monoisotopic (exact) mass is 337 g/mol. The van der Waals surface area contributed by atoms with Crippen LogP contribution in [-0.2, 0) is 6.54 Å². The van der Waals surface area contributed by atoms with Crippen LogP contribution in [-0.4, -0.2) is 48.3 Å². The largest absolute Gasteiger partial charge is 0.390 e. The first-order chi connectivity index (χ1) is 11.4. The van der Waals surface area contributed by atoms with Crippen molar-refractivity contribution >= 4 is 6.03 Å². The molecule has 0 spiro atoms. The Morgan fingerprint density at radius 2 is 2.08 bits per heavy atom. The summed E-state index contributed by atoms with van der Waals surface area (Å²) >= 11 is 0. The smallest absolute Gasteiger partial charge is 0.315 e. The highest BCUT2D eigenvalue weighted by Gasteiger charge is 2.18. The number of hydrogen-bond acceptors (Lipinski definition) is 3. The molecule has 134 valence electrons. The van der Waals surface area contributed by atoms with E-state index in [-0.39, 0.29) is 24.9 Å². The molecule has 0 aromatic heterocycles. The van der Waals surface area contributed by atoms with Crippen LogP contribution in [0.5, 0.6) is 0 Å². The number of halogens is 1. The molecule has 1 heterocycles. The van der Waals surface area contributed by atoms with Gasteiger partial charge in [-0.05, 0) is 56.0 Å². The van der Waals surface area contributed by atoms with Crippen molar-refractivity contribution in [3.63, 3.8) is 0 Å². The fourth-order valence-corrected chi connectivity index (χ4v) is 2.81. The maximum Gasteiger partial charge on any atom is 0.315 e. The number of rotatable bonds is 6. The maximum absolute atomic E-state index is 13.4. The minimum absolute atomic E-state index is 0.208. The summed E-state index contributed by atoms with van der Waals surface area (Å²) in [6.45, 7) is 7.00. The molecule has 1 aliphatic heterocycles. The van der Waals surface area contributed by atoms with Crippen molar-refractivity contribution in [2.45, 2.75) is 39.3 Å². The third-order valence-corrected chi connectivity index (χ3v) is 4.53. The number of nitrogens with zero attached hydrogens (tertiary/aromatic N) is 1. The zero-order valence-electron chi connectivity index (χ0n) is 14.5. The number of piperidine rings is 1. The second-order valence-corrected chi connectivity index (χ2v) is 6.78. The van der Waals surface area contributed by atoms with E-state index in [1.807, 2.05) is 0 Å². The molecule has 0 bridgehead atoms. The summed E-state index contributed by atoms with van der Waals surface area (Å²) in [6, 6.07) is 4.53. The number of urea groups is 1. The number of likely N-dealkylation sites (tertiary alicyclic amines) is 1. The van der Waals surface area contributed by atoms with Gasteiger partial charge in [-0.2, -0.15) is 0 Å². The highest BCUT2D eigenvalue weighted by Crippen LogP contribution is 2.15. The number of benzene rings is 1. The van der Waals surface area contributed by atoms with E-state index < -0.39 is 6.10 Å². The molecule has 3 N–H and O–H groups in total. The summed E-state index contributed by atoms with van der Waals surface area (Å²) in [5.41, 5.74) is 1.29. The van der Waals surface area contributed by atoms with Crippen LogP contribution >= 0.6 is 0 Å². The van der Waals surface area contributed by atoms with Gasteiger partial charge in [0.15, 0.2) is 0 Å². The van der Waals surface area contributed by atoms with Crippen molar-refractivity contribution in [2.24, 2.45) is 5.92 Å². The van der Waals surface area contributed by atoms with Gasteiger partial charge in [-0.25, -0.2) is 9.18 Å². The van der Waals surface area contributed by atoms with Crippen molar-refractivity contribution in [1.82, 2.24) is 15.5 Å². The van der Waals surface area contributed by atoms with E-state index in [2.05, 4.69) is 22.5 Å². The molecule has 5 nitrogen and oxygen atoms in total. The molecule has 1 aromatic carbocycles. The lowest BCUT2D eigenvalue weighted by molar-refractivity contribution is 0.0920. The van der Waals surface area contributed by atoms with E-state index in [1.165, 1.54) is 6.07 Å². The normalized spacial score (nSPS) is 17.5. The van der Waals surface area contributed by atoms with Crippen LogP contribution in [0.4, 0.5) is 9.18 Å². The number of aliphatic hydroxyl groups is 1. The van der Waals surface area contributed by atoms with Gasteiger partial charge in [0, 0.05) is 19.6 Å². The molecule has 1 aromatic rings. The minimum Gasteiger partial charge on any atom is -0.390 e. The average Bonchev–Trinajstić information content (AvgIpc) is 2.56. The Morgan fingerprint density at radius 1 is 1.38 bits per heavy atom. The Bertz CT molecular complexity index is 545. The first kappa shape index (κ1) is 18.7. The van der Waals surface area contributed by atoms with Gasteiger partial charge in [0.1, 0.15) is 5.82 Å². The molecule has 1 atom stereocenters. The predicted octanol–water partition coefficient (Wildman–Crippen LogP) is 2.03. The Hall–Kier alpha value is -1.66. The number of aryl methyl sites for hydroxylation is 1. The molecule has 0 saturated carbocycles. The zero-order chi connectivity index (χ0) is 17.5. The van der Waals surface area contributed by atoms with E-state index in [4.69, 9.17) is 0 Å².